The molecule has 0 saturated heterocycles. The number of aliphatic hydroxyl groups excluding tert-OH is 1. The van der Waals surface area contributed by atoms with Gasteiger partial charge in [-0.2, -0.15) is 0 Å². The number of aliphatic hydroxyl groups is 1. The van der Waals surface area contributed by atoms with Crippen molar-refractivity contribution >= 4 is 33.3 Å². The van der Waals surface area contributed by atoms with Crippen molar-refractivity contribution in [3.63, 3.8) is 0 Å². The van der Waals surface area contributed by atoms with Gasteiger partial charge in [0, 0.05) is 10.4 Å². The number of hydrogen-bond donors (Lipinski definition) is 2. The van der Waals surface area contributed by atoms with Crippen molar-refractivity contribution in [2.45, 2.75) is 95.3 Å². The number of aryl methyl sites for hydroxylation is 1. The molecular formula is C21H30ClN3O2S. The molecular weight excluding hydrogens is 394 g/mol. The molecule has 28 heavy (non-hydrogen) atoms. The maximum Gasteiger partial charge on any atom is 0.225 e. The normalized spacial score (nSPS) is 28.4. The minimum absolute atomic E-state index is 0.0351. The molecule has 4 rings (SSSR count). The first-order chi connectivity index (χ1) is 13.6. The third kappa shape index (κ3) is 3.76. The van der Waals surface area contributed by atoms with Crippen LogP contribution in [0.15, 0.2) is 6.33 Å². The number of fused-ring (bicyclic) bond motifs is 3. The monoisotopic (exact) mass is 423 g/mol. The van der Waals surface area contributed by atoms with E-state index in [0.717, 1.165) is 73.9 Å². The highest BCUT2D eigenvalue weighted by Crippen LogP contribution is 2.48. The second-order valence-corrected chi connectivity index (χ2v) is 9.65. The van der Waals surface area contributed by atoms with Crippen LogP contribution >= 0.6 is 23.1 Å². The second kappa shape index (κ2) is 8.42. The Morgan fingerprint density at radius 1 is 1.32 bits per heavy atom. The molecule has 0 aromatic carbocycles. The lowest BCUT2D eigenvalue weighted by Gasteiger charge is -2.38. The van der Waals surface area contributed by atoms with E-state index in [9.17, 15) is 5.11 Å². The molecule has 2 atom stereocenters. The van der Waals surface area contributed by atoms with Crippen molar-refractivity contribution in [3.05, 3.63) is 16.8 Å². The van der Waals surface area contributed by atoms with Crippen molar-refractivity contribution in [1.82, 2.24) is 14.8 Å². The average Bonchev–Trinajstić information content (AvgIpc) is 3.29. The van der Waals surface area contributed by atoms with E-state index in [2.05, 4.69) is 21.7 Å². The molecule has 2 N–H and O–H groups in total. The minimum atomic E-state index is -0.247. The highest BCUT2D eigenvalue weighted by molar-refractivity contribution is 7.19. The fraction of sp³-hybridized carbons (Fsp3) is 0.714. The van der Waals surface area contributed by atoms with Gasteiger partial charge in [0.1, 0.15) is 17.3 Å². The summed E-state index contributed by atoms with van der Waals surface area (Å²) in [5.74, 6) is 1.11. The zero-order valence-electron chi connectivity index (χ0n) is 16.7. The second-order valence-electron chi connectivity index (χ2n) is 8.38. The van der Waals surface area contributed by atoms with E-state index in [4.69, 9.17) is 16.5 Å². The van der Waals surface area contributed by atoms with Crippen molar-refractivity contribution in [2.24, 2.45) is 0 Å². The van der Waals surface area contributed by atoms with Gasteiger partial charge in [0.15, 0.2) is 0 Å². The Morgan fingerprint density at radius 3 is 2.79 bits per heavy atom. The highest BCUT2D eigenvalue weighted by atomic mass is 35.5. The summed E-state index contributed by atoms with van der Waals surface area (Å²) in [6.45, 7) is 4.23. The SMILES string of the molecule is CC[C@@H](O)C[C@H]1CCc2sc3ncnc(O[C@H]4CC[C@](CC)(NCl)CC4)c3c21. The van der Waals surface area contributed by atoms with Gasteiger partial charge in [-0.1, -0.05) is 13.8 Å². The van der Waals surface area contributed by atoms with Crippen molar-refractivity contribution < 1.29 is 9.84 Å². The molecule has 0 bridgehead atoms. The number of nitrogens with zero attached hydrogens (tertiary/aromatic N) is 2. The van der Waals surface area contributed by atoms with E-state index in [1.165, 1.54) is 10.4 Å². The number of hydrogen-bond acceptors (Lipinski definition) is 6. The maximum absolute atomic E-state index is 10.2. The first-order valence-corrected chi connectivity index (χ1v) is 11.8. The molecule has 154 valence electrons. The van der Waals surface area contributed by atoms with Gasteiger partial charge in [-0.3, -0.25) is 0 Å². The van der Waals surface area contributed by atoms with E-state index < -0.39 is 0 Å². The zero-order chi connectivity index (χ0) is 19.7. The van der Waals surface area contributed by atoms with Gasteiger partial charge in [-0.25, -0.2) is 14.8 Å². The Morgan fingerprint density at radius 2 is 2.11 bits per heavy atom. The Hall–Kier alpha value is -0.950. The van der Waals surface area contributed by atoms with E-state index in [1.54, 1.807) is 17.7 Å². The Kier molecular flexibility index (Phi) is 6.12. The first kappa shape index (κ1) is 20.3. The number of aromatic nitrogens is 2. The van der Waals surface area contributed by atoms with E-state index in [1.807, 2.05) is 6.92 Å². The van der Waals surface area contributed by atoms with Crippen molar-refractivity contribution in [1.29, 1.82) is 0 Å². The molecule has 2 aromatic rings. The van der Waals surface area contributed by atoms with Crippen LogP contribution in [0.5, 0.6) is 5.88 Å². The zero-order valence-corrected chi connectivity index (χ0v) is 18.3. The van der Waals surface area contributed by atoms with Gasteiger partial charge >= 0.3 is 0 Å². The van der Waals surface area contributed by atoms with Crippen LogP contribution < -0.4 is 9.57 Å². The molecule has 7 heteroatoms. The summed E-state index contributed by atoms with van der Waals surface area (Å²) in [5, 5.41) is 11.3. The lowest BCUT2D eigenvalue weighted by Crippen LogP contribution is -2.44. The summed E-state index contributed by atoms with van der Waals surface area (Å²) in [6.07, 6.45) is 10.3. The average molecular weight is 424 g/mol. The maximum atomic E-state index is 10.2. The molecule has 5 nitrogen and oxygen atoms in total. The molecule has 0 aliphatic heterocycles. The summed E-state index contributed by atoms with van der Waals surface area (Å²) in [5.41, 5.74) is 1.37. The molecule has 2 aliphatic rings. The molecule has 2 aliphatic carbocycles. The molecule has 2 heterocycles. The van der Waals surface area contributed by atoms with Crippen LogP contribution in [0.3, 0.4) is 0 Å². The molecule has 2 aromatic heterocycles. The van der Waals surface area contributed by atoms with Crippen LogP contribution in [-0.4, -0.2) is 32.8 Å². The first-order valence-electron chi connectivity index (χ1n) is 10.6. The van der Waals surface area contributed by atoms with Crippen LogP contribution in [0.1, 0.15) is 81.6 Å². The number of halogens is 1. The fourth-order valence-corrected chi connectivity index (χ4v) is 6.35. The minimum Gasteiger partial charge on any atom is -0.474 e. The molecule has 0 unspecified atom stereocenters. The summed E-state index contributed by atoms with van der Waals surface area (Å²) in [4.78, 5) is 14.5. The Balaban J connectivity index is 1.57. The standard InChI is InChI=1S/C21H30ClN3O2S/c1-3-14(26)11-13-5-6-16-17(13)18-19(23-12-24-20(18)28-16)27-15-7-9-21(4-2,25-22)10-8-15/h12-15,25-26H,3-11H2,1-2H3/t13-,14-,15-,21-/m1/s1. The highest BCUT2D eigenvalue weighted by Gasteiger charge is 2.35. The molecule has 0 spiro atoms. The summed E-state index contributed by atoms with van der Waals surface area (Å²) >= 11 is 7.78. The summed E-state index contributed by atoms with van der Waals surface area (Å²) in [7, 11) is 0. The predicted octanol–water partition coefficient (Wildman–Crippen LogP) is 5.10. The number of ether oxygens (including phenoxy) is 1. The third-order valence-electron chi connectivity index (χ3n) is 6.77. The molecule has 1 fully saturated rings. The van der Waals surface area contributed by atoms with Gasteiger partial charge < -0.3 is 9.84 Å². The van der Waals surface area contributed by atoms with Crippen LogP contribution in [-0.2, 0) is 6.42 Å². The number of nitrogens with one attached hydrogen (secondary N) is 1. The van der Waals surface area contributed by atoms with Gasteiger partial charge in [-0.05, 0) is 81.0 Å². The van der Waals surface area contributed by atoms with Gasteiger partial charge in [0.2, 0.25) is 5.88 Å². The topological polar surface area (TPSA) is 67.3 Å². The Bertz CT molecular complexity index is 813. The number of thiophene rings is 1. The lowest BCUT2D eigenvalue weighted by molar-refractivity contribution is 0.107. The van der Waals surface area contributed by atoms with E-state index in [0.29, 0.717) is 5.92 Å². The molecule has 0 radical (unpaired) electrons. The summed E-state index contributed by atoms with van der Waals surface area (Å²) < 4.78 is 6.44. The molecule has 0 amide bonds. The lowest BCUT2D eigenvalue weighted by atomic mass is 9.79. The molecule has 1 saturated carbocycles. The largest absolute Gasteiger partial charge is 0.474 e. The fourth-order valence-electron chi connectivity index (χ4n) is 4.79. The Labute approximate surface area is 176 Å². The van der Waals surface area contributed by atoms with Crippen molar-refractivity contribution in [3.8, 4) is 5.88 Å². The third-order valence-corrected chi connectivity index (χ3v) is 8.34. The van der Waals surface area contributed by atoms with Crippen molar-refractivity contribution in [2.75, 3.05) is 0 Å². The van der Waals surface area contributed by atoms with E-state index >= 15 is 0 Å². The quantitative estimate of drug-likeness (QED) is 0.606. The van der Waals surface area contributed by atoms with Gasteiger partial charge in [0.05, 0.1) is 11.5 Å². The van der Waals surface area contributed by atoms with E-state index in [-0.39, 0.29) is 17.7 Å². The van der Waals surface area contributed by atoms with Gasteiger partial charge in [-0.15, -0.1) is 11.3 Å². The predicted molar refractivity (Wildman–Crippen MR) is 114 cm³/mol. The van der Waals surface area contributed by atoms with Crippen LogP contribution in [0.25, 0.3) is 10.2 Å². The summed E-state index contributed by atoms with van der Waals surface area (Å²) in [6, 6.07) is 0. The number of rotatable bonds is 7. The van der Waals surface area contributed by atoms with Gasteiger partial charge in [0.25, 0.3) is 0 Å². The van der Waals surface area contributed by atoms with Crippen LogP contribution in [0.4, 0.5) is 0 Å². The van der Waals surface area contributed by atoms with Crippen LogP contribution in [0, 0.1) is 0 Å². The van der Waals surface area contributed by atoms with Crippen LogP contribution in [0.2, 0.25) is 0 Å². The smallest absolute Gasteiger partial charge is 0.225 e.